The minimum Gasteiger partial charge on any atom is -0.424 e. The Bertz CT molecular complexity index is 763. The van der Waals surface area contributed by atoms with Gasteiger partial charge in [0.15, 0.2) is 0 Å². The van der Waals surface area contributed by atoms with E-state index in [2.05, 4.69) is 36.0 Å². The number of halogens is 3. The van der Waals surface area contributed by atoms with Crippen LogP contribution in [0.5, 0.6) is 11.8 Å². The van der Waals surface area contributed by atoms with Crippen molar-refractivity contribution in [3.8, 4) is 17.7 Å². The molecule has 0 radical (unpaired) electrons. The Balaban J connectivity index is 1.95. The second-order valence-corrected chi connectivity index (χ2v) is 5.10. The molecule has 0 N–H and O–H groups in total. The molecule has 0 aliphatic carbocycles. The lowest BCUT2D eigenvalue weighted by Crippen LogP contribution is -2.05. The Morgan fingerprint density at radius 1 is 1.19 bits per heavy atom. The van der Waals surface area contributed by atoms with Crippen LogP contribution >= 0.6 is 27.5 Å². The van der Waals surface area contributed by atoms with Gasteiger partial charge in [0.2, 0.25) is 5.28 Å². The molecule has 1 aromatic carbocycles. The molecule has 9 heteroatoms. The Morgan fingerprint density at radius 2 is 2.05 bits per heavy atom. The SMILES string of the molecule is Fc1cc(Br)cc(Oc2nc(Cl)nc(-n3cccn3)n2)c1. The molecule has 0 bridgehead atoms. The van der Waals surface area contributed by atoms with Gasteiger partial charge in [0, 0.05) is 22.9 Å². The molecule has 0 fully saturated rings. The molecule has 106 valence electrons. The van der Waals surface area contributed by atoms with Crippen molar-refractivity contribution in [3.63, 3.8) is 0 Å². The summed E-state index contributed by atoms with van der Waals surface area (Å²) in [5.41, 5.74) is 0. The maximum absolute atomic E-state index is 13.3. The molecule has 0 aliphatic rings. The van der Waals surface area contributed by atoms with E-state index in [0.29, 0.717) is 4.47 Å². The average Bonchev–Trinajstić information content (AvgIpc) is 2.90. The molecule has 0 amide bonds. The van der Waals surface area contributed by atoms with Crippen LogP contribution in [-0.2, 0) is 0 Å². The van der Waals surface area contributed by atoms with Gasteiger partial charge < -0.3 is 4.74 Å². The second-order valence-electron chi connectivity index (χ2n) is 3.84. The molecular formula is C12H6BrClFN5O. The fourth-order valence-corrected chi connectivity index (χ4v) is 2.14. The van der Waals surface area contributed by atoms with Crippen molar-refractivity contribution in [2.75, 3.05) is 0 Å². The van der Waals surface area contributed by atoms with Gasteiger partial charge in [-0.25, -0.2) is 9.07 Å². The van der Waals surface area contributed by atoms with E-state index in [9.17, 15) is 4.39 Å². The lowest BCUT2D eigenvalue weighted by molar-refractivity contribution is 0.433. The maximum Gasteiger partial charge on any atom is 0.328 e. The van der Waals surface area contributed by atoms with Gasteiger partial charge >= 0.3 is 6.01 Å². The summed E-state index contributed by atoms with van der Waals surface area (Å²) in [4.78, 5) is 11.8. The van der Waals surface area contributed by atoms with Gasteiger partial charge in [0.25, 0.3) is 5.95 Å². The summed E-state index contributed by atoms with van der Waals surface area (Å²) in [6.07, 6.45) is 3.22. The van der Waals surface area contributed by atoms with Crippen molar-refractivity contribution in [3.05, 3.63) is 52.2 Å². The number of nitrogens with zero attached hydrogens (tertiary/aromatic N) is 5. The smallest absolute Gasteiger partial charge is 0.328 e. The van der Waals surface area contributed by atoms with Crippen molar-refractivity contribution in [2.24, 2.45) is 0 Å². The molecule has 21 heavy (non-hydrogen) atoms. The van der Waals surface area contributed by atoms with E-state index in [1.165, 1.54) is 16.8 Å². The van der Waals surface area contributed by atoms with Crippen LogP contribution in [0, 0.1) is 5.82 Å². The highest BCUT2D eigenvalue weighted by atomic mass is 79.9. The van der Waals surface area contributed by atoms with Crippen molar-refractivity contribution in [1.82, 2.24) is 24.7 Å². The van der Waals surface area contributed by atoms with Crippen LogP contribution in [0.3, 0.4) is 0 Å². The quantitative estimate of drug-likeness (QED) is 0.707. The number of benzene rings is 1. The second kappa shape index (κ2) is 5.74. The number of rotatable bonds is 3. The van der Waals surface area contributed by atoms with Crippen LogP contribution in [0.25, 0.3) is 5.95 Å². The summed E-state index contributed by atoms with van der Waals surface area (Å²) < 4.78 is 20.6. The van der Waals surface area contributed by atoms with Crippen LogP contribution < -0.4 is 4.74 Å². The van der Waals surface area contributed by atoms with Crippen molar-refractivity contribution < 1.29 is 9.13 Å². The van der Waals surface area contributed by atoms with Crippen LogP contribution in [0.1, 0.15) is 0 Å². The highest BCUT2D eigenvalue weighted by Crippen LogP contribution is 2.24. The van der Waals surface area contributed by atoms with E-state index in [1.807, 2.05) is 0 Å². The minimum absolute atomic E-state index is 0.0547. The zero-order valence-electron chi connectivity index (χ0n) is 10.2. The first-order chi connectivity index (χ1) is 10.1. The van der Waals surface area contributed by atoms with Gasteiger partial charge in [-0.1, -0.05) is 15.9 Å². The summed E-state index contributed by atoms with van der Waals surface area (Å²) in [7, 11) is 0. The summed E-state index contributed by atoms with van der Waals surface area (Å²) in [5.74, 6) is -0.0205. The molecule has 0 aliphatic heterocycles. The molecule has 0 saturated heterocycles. The molecule has 0 saturated carbocycles. The fourth-order valence-electron chi connectivity index (χ4n) is 1.55. The van der Waals surface area contributed by atoms with Crippen LogP contribution in [0.2, 0.25) is 5.28 Å². The van der Waals surface area contributed by atoms with Crippen molar-refractivity contribution in [1.29, 1.82) is 0 Å². The number of ether oxygens (including phenoxy) is 1. The van der Waals surface area contributed by atoms with Gasteiger partial charge in [-0.3, -0.25) is 0 Å². The monoisotopic (exact) mass is 369 g/mol. The number of aromatic nitrogens is 5. The molecule has 0 unspecified atom stereocenters. The van der Waals surface area contributed by atoms with E-state index in [-0.39, 0.29) is 23.0 Å². The van der Waals surface area contributed by atoms with Gasteiger partial charge in [-0.05, 0) is 29.8 Å². The van der Waals surface area contributed by atoms with Gasteiger partial charge in [0.1, 0.15) is 11.6 Å². The third-order valence-electron chi connectivity index (χ3n) is 2.33. The average molecular weight is 371 g/mol. The highest BCUT2D eigenvalue weighted by molar-refractivity contribution is 9.10. The predicted molar refractivity (Wildman–Crippen MR) is 76.1 cm³/mol. The lowest BCUT2D eigenvalue weighted by atomic mass is 10.3. The van der Waals surface area contributed by atoms with E-state index in [4.69, 9.17) is 16.3 Å². The van der Waals surface area contributed by atoms with Crippen LogP contribution in [-0.4, -0.2) is 24.7 Å². The van der Waals surface area contributed by atoms with E-state index in [1.54, 1.807) is 24.5 Å². The van der Waals surface area contributed by atoms with E-state index >= 15 is 0 Å². The van der Waals surface area contributed by atoms with Gasteiger partial charge in [0.05, 0.1) is 0 Å². The van der Waals surface area contributed by atoms with Gasteiger partial charge in [-0.15, -0.1) is 0 Å². The van der Waals surface area contributed by atoms with E-state index < -0.39 is 5.82 Å². The summed E-state index contributed by atoms with van der Waals surface area (Å²) in [5, 5.41) is 3.93. The molecule has 0 atom stereocenters. The first-order valence-corrected chi connectivity index (χ1v) is 6.83. The predicted octanol–water partition coefficient (Wildman–Crippen LogP) is 3.40. The van der Waals surface area contributed by atoms with Crippen molar-refractivity contribution >= 4 is 27.5 Å². The van der Waals surface area contributed by atoms with E-state index in [0.717, 1.165) is 0 Å². The Labute approximate surface area is 131 Å². The molecule has 0 spiro atoms. The zero-order valence-corrected chi connectivity index (χ0v) is 12.6. The van der Waals surface area contributed by atoms with Gasteiger partial charge in [-0.2, -0.15) is 20.1 Å². The largest absolute Gasteiger partial charge is 0.424 e. The summed E-state index contributed by atoms with van der Waals surface area (Å²) in [6.45, 7) is 0. The topological polar surface area (TPSA) is 65.7 Å². The molecule has 6 nitrogen and oxygen atoms in total. The Hall–Kier alpha value is -2.06. The Kier molecular flexibility index (Phi) is 3.80. The first kappa shape index (κ1) is 13.9. The normalized spacial score (nSPS) is 10.6. The molecular weight excluding hydrogens is 365 g/mol. The lowest BCUT2D eigenvalue weighted by Gasteiger charge is -2.06. The zero-order chi connectivity index (χ0) is 14.8. The molecule has 2 heterocycles. The highest BCUT2D eigenvalue weighted by Gasteiger charge is 2.10. The van der Waals surface area contributed by atoms with Crippen LogP contribution in [0.4, 0.5) is 4.39 Å². The number of hydrogen-bond donors (Lipinski definition) is 0. The number of hydrogen-bond acceptors (Lipinski definition) is 5. The fraction of sp³-hybridized carbons (Fsp3) is 0. The molecule has 2 aromatic heterocycles. The van der Waals surface area contributed by atoms with Crippen molar-refractivity contribution in [2.45, 2.75) is 0 Å². The summed E-state index contributed by atoms with van der Waals surface area (Å²) in [6, 6.07) is 5.74. The standard InChI is InChI=1S/C12H6BrClFN5O/c13-7-4-8(15)6-9(5-7)21-12-18-10(14)17-11(19-12)20-3-1-2-16-20/h1-6H. The molecule has 3 aromatic rings. The minimum atomic E-state index is -0.452. The third kappa shape index (κ3) is 3.34. The third-order valence-corrected chi connectivity index (χ3v) is 2.96. The van der Waals surface area contributed by atoms with Crippen LogP contribution in [0.15, 0.2) is 41.1 Å². The summed E-state index contributed by atoms with van der Waals surface area (Å²) >= 11 is 9.00. The maximum atomic E-state index is 13.3. The first-order valence-electron chi connectivity index (χ1n) is 5.66. The Morgan fingerprint density at radius 3 is 2.76 bits per heavy atom. The molecule has 3 rings (SSSR count).